The van der Waals surface area contributed by atoms with Gasteiger partial charge < -0.3 is 13.9 Å². The summed E-state index contributed by atoms with van der Waals surface area (Å²) in [7, 11) is 0. The molecule has 0 radical (unpaired) electrons. The van der Waals surface area contributed by atoms with Crippen LogP contribution in [0.25, 0.3) is 126 Å². The second-order valence-electron chi connectivity index (χ2n) is 19.6. The van der Waals surface area contributed by atoms with Gasteiger partial charge in [0.05, 0.1) is 16.7 Å². The molecule has 0 spiro atoms. The van der Waals surface area contributed by atoms with Gasteiger partial charge in [0.1, 0.15) is 11.2 Å². The number of nitrogens with zero attached hydrogens (tertiary/aromatic N) is 2. The van der Waals surface area contributed by atoms with Crippen LogP contribution >= 0.6 is 0 Å². The van der Waals surface area contributed by atoms with E-state index in [0.29, 0.717) is 0 Å². The van der Waals surface area contributed by atoms with Crippen molar-refractivity contribution in [3.63, 3.8) is 0 Å². The van der Waals surface area contributed by atoms with Crippen molar-refractivity contribution in [2.45, 2.75) is 0 Å². The molecular formula is C72H46N2O. The van der Waals surface area contributed by atoms with Crippen molar-refractivity contribution in [3.05, 3.63) is 279 Å². The van der Waals surface area contributed by atoms with Crippen LogP contribution in [0.4, 0.5) is 17.1 Å². The number of furan rings is 1. The molecule has 13 aromatic carbocycles. The van der Waals surface area contributed by atoms with Gasteiger partial charge in [-0.15, -0.1) is 0 Å². The Balaban J connectivity index is 0.877. The van der Waals surface area contributed by atoms with Crippen LogP contribution in [0.5, 0.6) is 0 Å². The van der Waals surface area contributed by atoms with Gasteiger partial charge >= 0.3 is 0 Å². The molecule has 0 unspecified atom stereocenters. The van der Waals surface area contributed by atoms with Crippen LogP contribution in [0.3, 0.4) is 0 Å². The summed E-state index contributed by atoms with van der Waals surface area (Å²) in [5.74, 6) is 0. The molecule has 0 aliphatic heterocycles. The summed E-state index contributed by atoms with van der Waals surface area (Å²) in [5, 5.41) is 12.1. The van der Waals surface area contributed by atoms with Crippen molar-refractivity contribution in [1.82, 2.24) is 4.57 Å². The standard InChI is InChI=1S/C72H46N2O/c1-2-14-48(15-3-1)66-45-54(53-33-38-61-56(42-53)29-28-49-16-4-6-22-60(49)61)34-40-70(66)73(58-20-13-19-52(44-58)55-35-41-71-67(46-55)65-39-32-50-17-5-7-23-62(50)72(65)75-71)57-36-30-47(31-37-57)51-18-12-21-59(43-51)74-68-26-10-8-24-63(68)64-25-9-11-27-69(64)74/h1-46H. The second kappa shape index (κ2) is 17.4. The number of anilines is 3. The lowest BCUT2D eigenvalue weighted by atomic mass is 9.93. The monoisotopic (exact) mass is 954 g/mol. The lowest BCUT2D eigenvalue weighted by molar-refractivity contribution is 0.672. The molecule has 0 saturated carbocycles. The zero-order valence-corrected chi connectivity index (χ0v) is 40.9. The number of fused-ring (bicyclic) bond motifs is 11. The van der Waals surface area contributed by atoms with Crippen LogP contribution in [0.2, 0.25) is 0 Å². The summed E-state index contributed by atoms with van der Waals surface area (Å²) in [6, 6.07) is 102. The third-order valence-electron chi connectivity index (χ3n) is 15.3. The van der Waals surface area contributed by atoms with E-state index in [1.54, 1.807) is 0 Å². The number of hydrogen-bond donors (Lipinski definition) is 0. The highest BCUT2D eigenvalue weighted by Gasteiger charge is 2.21. The molecule has 2 aromatic heterocycles. The van der Waals surface area contributed by atoms with Crippen LogP contribution in [-0.2, 0) is 0 Å². The normalized spacial score (nSPS) is 11.7. The van der Waals surface area contributed by atoms with E-state index in [2.05, 4.69) is 289 Å². The van der Waals surface area contributed by atoms with Crippen LogP contribution in [0.15, 0.2) is 283 Å². The molecule has 15 aromatic rings. The summed E-state index contributed by atoms with van der Waals surface area (Å²) in [5.41, 5.74) is 17.7. The van der Waals surface area contributed by atoms with E-state index in [-0.39, 0.29) is 0 Å². The summed E-state index contributed by atoms with van der Waals surface area (Å²) in [4.78, 5) is 2.43. The number of para-hydroxylation sites is 2. The quantitative estimate of drug-likeness (QED) is 0.142. The first kappa shape index (κ1) is 42.7. The molecule has 3 heteroatoms. The highest BCUT2D eigenvalue weighted by Crippen LogP contribution is 2.45. The van der Waals surface area contributed by atoms with Gasteiger partial charge in [-0.1, -0.05) is 194 Å². The fourth-order valence-corrected chi connectivity index (χ4v) is 11.7. The molecule has 0 aliphatic carbocycles. The summed E-state index contributed by atoms with van der Waals surface area (Å²) >= 11 is 0. The minimum atomic E-state index is 0.885. The van der Waals surface area contributed by atoms with E-state index < -0.39 is 0 Å². The highest BCUT2D eigenvalue weighted by atomic mass is 16.3. The van der Waals surface area contributed by atoms with Gasteiger partial charge in [-0.25, -0.2) is 0 Å². The first-order valence-electron chi connectivity index (χ1n) is 25.7. The maximum Gasteiger partial charge on any atom is 0.143 e. The second-order valence-corrected chi connectivity index (χ2v) is 19.6. The highest BCUT2D eigenvalue weighted by molar-refractivity contribution is 6.16. The lowest BCUT2D eigenvalue weighted by Crippen LogP contribution is -2.11. The van der Waals surface area contributed by atoms with Crippen LogP contribution in [0.1, 0.15) is 0 Å². The van der Waals surface area contributed by atoms with Crippen molar-refractivity contribution in [2.24, 2.45) is 0 Å². The lowest BCUT2D eigenvalue weighted by Gasteiger charge is -2.29. The third kappa shape index (κ3) is 7.20. The van der Waals surface area contributed by atoms with Crippen LogP contribution < -0.4 is 4.90 Å². The van der Waals surface area contributed by atoms with Gasteiger partial charge in [0, 0.05) is 49.6 Å². The summed E-state index contributed by atoms with van der Waals surface area (Å²) < 4.78 is 8.95. The minimum absolute atomic E-state index is 0.885. The third-order valence-corrected chi connectivity index (χ3v) is 15.3. The van der Waals surface area contributed by atoms with E-state index in [9.17, 15) is 0 Å². The summed E-state index contributed by atoms with van der Waals surface area (Å²) in [6.07, 6.45) is 0. The van der Waals surface area contributed by atoms with E-state index >= 15 is 0 Å². The Morgan fingerprint density at radius 1 is 0.280 bits per heavy atom. The molecular weight excluding hydrogens is 909 g/mol. The average molecular weight is 955 g/mol. The smallest absolute Gasteiger partial charge is 0.143 e. The van der Waals surface area contributed by atoms with Crippen molar-refractivity contribution in [2.75, 3.05) is 4.90 Å². The maximum absolute atomic E-state index is 6.56. The number of hydrogen-bond acceptors (Lipinski definition) is 2. The van der Waals surface area contributed by atoms with E-state index in [0.717, 1.165) is 89.0 Å². The molecule has 0 fully saturated rings. The predicted molar refractivity (Wildman–Crippen MR) is 317 cm³/mol. The van der Waals surface area contributed by atoms with Crippen LogP contribution in [0, 0.1) is 0 Å². The molecule has 350 valence electrons. The van der Waals surface area contributed by atoms with Gasteiger partial charge in [-0.2, -0.15) is 0 Å². The van der Waals surface area contributed by atoms with Gasteiger partial charge in [-0.3, -0.25) is 0 Å². The van der Waals surface area contributed by atoms with Gasteiger partial charge in [0.25, 0.3) is 0 Å². The average Bonchev–Trinajstić information content (AvgIpc) is 4.04. The topological polar surface area (TPSA) is 21.3 Å². The molecule has 2 heterocycles. The minimum Gasteiger partial charge on any atom is -0.455 e. The molecule has 0 atom stereocenters. The fraction of sp³-hybridized carbons (Fsp3) is 0. The largest absolute Gasteiger partial charge is 0.455 e. The summed E-state index contributed by atoms with van der Waals surface area (Å²) in [6.45, 7) is 0. The fourth-order valence-electron chi connectivity index (χ4n) is 11.7. The van der Waals surface area contributed by atoms with E-state index in [1.165, 1.54) is 54.3 Å². The van der Waals surface area contributed by atoms with Crippen molar-refractivity contribution in [1.29, 1.82) is 0 Å². The molecule has 0 aliphatic rings. The van der Waals surface area contributed by atoms with E-state index in [4.69, 9.17) is 4.42 Å². The first-order chi connectivity index (χ1) is 37.2. The number of aromatic nitrogens is 1. The Morgan fingerprint density at radius 3 is 1.63 bits per heavy atom. The van der Waals surface area contributed by atoms with Gasteiger partial charge in [0.15, 0.2) is 0 Å². The van der Waals surface area contributed by atoms with E-state index in [1.807, 2.05) is 0 Å². The molecule has 75 heavy (non-hydrogen) atoms. The molecule has 0 saturated heterocycles. The Bertz CT molecular complexity index is 4660. The van der Waals surface area contributed by atoms with Gasteiger partial charge in [-0.05, 0) is 151 Å². The molecule has 0 bridgehead atoms. The molecule has 15 rings (SSSR count). The number of rotatable bonds is 8. The Morgan fingerprint density at radius 2 is 0.827 bits per heavy atom. The SMILES string of the molecule is c1ccc(-c2cc(-c3ccc4c(ccc5ccccc54)c3)ccc2N(c2ccc(-c3cccc(-n4c5ccccc5c5ccccc54)c3)cc2)c2cccc(-c3ccc4oc5c6ccccc6ccc5c4c3)c2)cc1. The molecule has 0 amide bonds. The van der Waals surface area contributed by atoms with Crippen LogP contribution in [-0.4, -0.2) is 4.57 Å². The molecule has 0 N–H and O–H groups in total. The number of benzene rings is 13. The Kier molecular flexibility index (Phi) is 9.89. The van der Waals surface area contributed by atoms with Gasteiger partial charge in [0.2, 0.25) is 0 Å². The predicted octanol–water partition coefficient (Wildman–Crippen LogP) is 20.3. The molecule has 3 nitrogen and oxygen atoms in total. The zero-order valence-electron chi connectivity index (χ0n) is 40.9. The van der Waals surface area contributed by atoms with Crippen molar-refractivity contribution in [3.8, 4) is 50.2 Å². The first-order valence-corrected chi connectivity index (χ1v) is 25.7. The Hall–Kier alpha value is -9.96. The zero-order chi connectivity index (χ0) is 49.4. The maximum atomic E-state index is 6.56. The van der Waals surface area contributed by atoms with Crippen molar-refractivity contribution >= 4 is 93.1 Å². The van der Waals surface area contributed by atoms with Crippen molar-refractivity contribution < 1.29 is 4.42 Å². The Labute approximate surface area is 434 Å².